The van der Waals surface area contributed by atoms with Crippen molar-refractivity contribution < 1.29 is 9.22 Å². The lowest BCUT2D eigenvalue weighted by molar-refractivity contribution is -0.135. The zero-order chi connectivity index (χ0) is 11.7. The van der Waals surface area contributed by atoms with Crippen LogP contribution < -0.4 is 4.98 Å². The Balaban J connectivity index is 3.49. The molecular weight excluding hydrogens is 206 g/mol. The molecule has 0 saturated heterocycles. The second-order valence-electron chi connectivity index (χ2n) is 4.40. The number of hydrogen-bond donors (Lipinski definition) is 1. The van der Waals surface area contributed by atoms with Gasteiger partial charge < -0.3 is 9.41 Å². The topological polar surface area (TPSA) is 38.3 Å². The van der Waals surface area contributed by atoms with Gasteiger partial charge in [0.25, 0.3) is 5.97 Å². The van der Waals surface area contributed by atoms with Crippen LogP contribution in [0, 0.1) is 0 Å². The maximum absolute atomic E-state index is 11.4. The number of unbranched alkanes of at least 4 members (excludes halogenated alkanes) is 4. The lowest BCUT2D eigenvalue weighted by atomic mass is 10.1. The summed E-state index contributed by atoms with van der Waals surface area (Å²) in [5.74, 6) is -0.0440. The van der Waals surface area contributed by atoms with Crippen LogP contribution in [0.25, 0.3) is 0 Å². The summed E-state index contributed by atoms with van der Waals surface area (Å²) in [6.45, 7) is 6.17. The predicted octanol–water partition coefficient (Wildman–Crippen LogP) is 2.81. The largest absolute Gasteiger partial charge is 0.505 e. The number of carbonyl (C=O) groups is 1. The number of rotatable bonds is 8. The van der Waals surface area contributed by atoms with E-state index in [0.29, 0.717) is 6.42 Å². The second kappa shape index (κ2) is 7.88. The highest BCUT2D eigenvalue weighted by Crippen LogP contribution is 2.08. The maximum atomic E-state index is 11.4. The number of carbonyl (C=O) groups excluding carboxylic acids is 1. The van der Waals surface area contributed by atoms with E-state index < -0.39 is 8.48 Å². The van der Waals surface area contributed by atoms with Crippen LogP contribution in [0.5, 0.6) is 0 Å². The van der Waals surface area contributed by atoms with Gasteiger partial charge in [-0.2, -0.15) is 0 Å². The van der Waals surface area contributed by atoms with Crippen molar-refractivity contribution in [1.82, 2.24) is 4.98 Å². The second-order valence-corrected chi connectivity index (χ2v) is 8.12. The van der Waals surface area contributed by atoms with E-state index in [0.717, 1.165) is 12.8 Å². The first-order valence-electron chi connectivity index (χ1n) is 5.92. The van der Waals surface area contributed by atoms with Gasteiger partial charge in [0.15, 0.2) is 0 Å². The first kappa shape index (κ1) is 14.6. The van der Waals surface area contributed by atoms with Crippen LogP contribution in [0.2, 0.25) is 13.1 Å². The molecule has 4 heteroatoms. The van der Waals surface area contributed by atoms with E-state index in [1.54, 1.807) is 0 Å². The minimum atomic E-state index is -1.92. The van der Waals surface area contributed by atoms with Crippen LogP contribution in [-0.4, -0.2) is 21.5 Å². The lowest BCUT2D eigenvalue weighted by Gasteiger charge is -2.21. The van der Waals surface area contributed by atoms with E-state index in [1.165, 1.54) is 19.3 Å². The van der Waals surface area contributed by atoms with E-state index in [-0.39, 0.29) is 5.97 Å². The quantitative estimate of drug-likeness (QED) is 0.516. The molecule has 0 aromatic carbocycles. The van der Waals surface area contributed by atoms with E-state index in [2.05, 4.69) is 11.9 Å². The summed E-state index contributed by atoms with van der Waals surface area (Å²) >= 11 is 0. The van der Waals surface area contributed by atoms with Gasteiger partial charge in [-0.1, -0.05) is 32.6 Å². The van der Waals surface area contributed by atoms with Crippen LogP contribution in [-0.2, 0) is 9.22 Å². The summed E-state index contributed by atoms with van der Waals surface area (Å²) in [6, 6.07) is 0. The molecule has 0 aromatic heterocycles. The Morgan fingerprint density at radius 3 is 2.33 bits per heavy atom. The molecule has 0 bridgehead atoms. The zero-order valence-corrected chi connectivity index (χ0v) is 11.6. The van der Waals surface area contributed by atoms with Gasteiger partial charge in [0.1, 0.15) is 0 Å². The van der Waals surface area contributed by atoms with Crippen molar-refractivity contribution in [1.29, 1.82) is 0 Å². The van der Waals surface area contributed by atoms with Crippen molar-refractivity contribution in [2.24, 2.45) is 0 Å². The van der Waals surface area contributed by atoms with Crippen LogP contribution in [0.4, 0.5) is 0 Å². The third-order valence-electron chi connectivity index (χ3n) is 2.46. The molecule has 0 aromatic rings. The average Bonchev–Trinajstić information content (AvgIpc) is 2.17. The average molecular weight is 231 g/mol. The van der Waals surface area contributed by atoms with Crippen molar-refractivity contribution in [3.8, 4) is 0 Å². The van der Waals surface area contributed by atoms with Crippen molar-refractivity contribution in [2.75, 3.05) is 7.05 Å². The first-order chi connectivity index (χ1) is 7.02. The molecule has 0 heterocycles. The molecular formula is C11H25NO2Si. The number of nitrogens with one attached hydrogen (secondary N) is 1. The molecule has 0 atom stereocenters. The van der Waals surface area contributed by atoms with Gasteiger partial charge in [-0.05, 0) is 26.6 Å². The molecule has 0 spiro atoms. The van der Waals surface area contributed by atoms with Gasteiger partial charge in [0.05, 0.1) is 0 Å². The molecule has 90 valence electrons. The maximum Gasteiger partial charge on any atom is 0.325 e. The van der Waals surface area contributed by atoms with E-state index in [9.17, 15) is 4.79 Å². The third kappa shape index (κ3) is 8.63. The van der Waals surface area contributed by atoms with E-state index in [1.807, 2.05) is 20.1 Å². The Kier molecular flexibility index (Phi) is 7.69. The highest BCUT2D eigenvalue weighted by atomic mass is 28.4. The van der Waals surface area contributed by atoms with Crippen LogP contribution in [0.3, 0.4) is 0 Å². The molecule has 0 rings (SSSR count). The molecule has 1 N–H and O–H groups in total. The molecule has 0 fully saturated rings. The summed E-state index contributed by atoms with van der Waals surface area (Å²) in [5.41, 5.74) is 0. The SMILES string of the molecule is CCCCCCCC(=O)O[Si](C)(C)NC. The summed E-state index contributed by atoms with van der Waals surface area (Å²) in [7, 11) is -0.0673. The zero-order valence-electron chi connectivity index (χ0n) is 10.6. The highest BCUT2D eigenvalue weighted by Gasteiger charge is 2.24. The standard InChI is InChI=1S/C11H25NO2Si/c1-5-6-7-8-9-10-11(13)14-15(3,4)12-2/h12H,5-10H2,1-4H3. The van der Waals surface area contributed by atoms with Gasteiger partial charge in [-0.15, -0.1) is 0 Å². The Labute approximate surface area is 94.8 Å². The summed E-state index contributed by atoms with van der Waals surface area (Å²) < 4.78 is 5.38. The fourth-order valence-corrected chi connectivity index (χ4v) is 2.03. The molecule has 0 aliphatic carbocycles. The molecule has 0 aliphatic rings. The Morgan fingerprint density at radius 1 is 1.20 bits per heavy atom. The van der Waals surface area contributed by atoms with Gasteiger partial charge >= 0.3 is 8.48 Å². The third-order valence-corrected chi connectivity index (χ3v) is 4.40. The van der Waals surface area contributed by atoms with Crippen molar-refractivity contribution in [2.45, 2.75) is 58.5 Å². The lowest BCUT2D eigenvalue weighted by Crippen LogP contribution is -2.46. The molecule has 0 amide bonds. The molecule has 0 saturated carbocycles. The highest BCUT2D eigenvalue weighted by molar-refractivity contribution is 6.69. The fourth-order valence-electron chi connectivity index (χ4n) is 1.26. The molecule has 0 aliphatic heterocycles. The normalized spacial score (nSPS) is 11.5. The van der Waals surface area contributed by atoms with Crippen molar-refractivity contribution >= 4 is 14.4 Å². The Bertz CT molecular complexity index is 183. The Morgan fingerprint density at radius 2 is 1.80 bits per heavy atom. The predicted molar refractivity (Wildman–Crippen MR) is 66.0 cm³/mol. The summed E-state index contributed by atoms with van der Waals surface area (Å²) in [5, 5.41) is 0. The summed E-state index contributed by atoms with van der Waals surface area (Å²) in [6.07, 6.45) is 6.42. The number of hydrogen-bond acceptors (Lipinski definition) is 3. The van der Waals surface area contributed by atoms with E-state index in [4.69, 9.17) is 4.43 Å². The molecule has 0 unspecified atom stereocenters. The van der Waals surface area contributed by atoms with Gasteiger partial charge in [0, 0.05) is 6.42 Å². The molecule has 0 radical (unpaired) electrons. The van der Waals surface area contributed by atoms with Crippen LogP contribution in [0.1, 0.15) is 45.4 Å². The monoisotopic (exact) mass is 231 g/mol. The van der Waals surface area contributed by atoms with Gasteiger partial charge in [0.2, 0.25) is 0 Å². The summed E-state index contributed by atoms with van der Waals surface area (Å²) in [4.78, 5) is 14.5. The molecule has 15 heavy (non-hydrogen) atoms. The molecule has 3 nitrogen and oxygen atoms in total. The van der Waals surface area contributed by atoms with Crippen LogP contribution in [0.15, 0.2) is 0 Å². The Hall–Kier alpha value is -0.353. The van der Waals surface area contributed by atoms with Crippen molar-refractivity contribution in [3.63, 3.8) is 0 Å². The van der Waals surface area contributed by atoms with E-state index >= 15 is 0 Å². The minimum absolute atomic E-state index is 0.0440. The van der Waals surface area contributed by atoms with Gasteiger partial charge in [-0.25, -0.2) is 0 Å². The van der Waals surface area contributed by atoms with Gasteiger partial charge in [-0.3, -0.25) is 4.79 Å². The van der Waals surface area contributed by atoms with Crippen molar-refractivity contribution in [3.05, 3.63) is 0 Å². The fraction of sp³-hybridized carbons (Fsp3) is 0.909. The first-order valence-corrected chi connectivity index (χ1v) is 8.83. The smallest absolute Gasteiger partial charge is 0.325 e. The van der Waals surface area contributed by atoms with Crippen LogP contribution >= 0.6 is 0 Å². The minimum Gasteiger partial charge on any atom is -0.505 e.